The van der Waals surface area contributed by atoms with Crippen molar-refractivity contribution in [3.05, 3.63) is 65.2 Å². The number of ether oxygens (including phenoxy) is 1. The first-order valence-corrected chi connectivity index (χ1v) is 9.17. The van der Waals surface area contributed by atoms with Crippen molar-refractivity contribution < 1.29 is 22.7 Å². The van der Waals surface area contributed by atoms with Crippen LogP contribution < -0.4 is 4.74 Å². The van der Waals surface area contributed by atoms with Gasteiger partial charge in [-0.15, -0.1) is 0 Å². The van der Waals surface area contributed by atoms with Crippen LogP contribution in [0.3, 0.4) is 0 Å². The fourth-order valence-corrected chi connectivity index (χ4v) is 3.22. The SMILES string of the molecule is CC(Oc1ccc(C#N)cc1C(=O)N1Cc2cnn(-c3ccnnc3)c2C1)C(F)(F)F. The topological polar surface area (TPSA) is 96.9 Å². The first-order chi connectivity index (χ1) is 14.8. The zero-order chi connectivity index (χ0) is 22.2. The van der Waals surface area contributed by atoms with Crippen molar-refractivity contribution in [2.24, 2.45) is 0 Å². The molecular formula is C20H15F3N6O2. The zero-order valence-electron chi connectivity index (χ0n) is 16.2. The quantitative estimate of drug-likeness (QED) is 0.634. The minimum atomic E-state index is -4.60. The van der Waals surface area contributed by atoms with Crippen molar-refractivity contribution in [2.75, 3.05) is 0 Å². The van der Waals surface area contributed by atoms with Crippen molar-refractivity contribution in [1.82, 2.24) is 24.9 Å². The van der Waals surface area contributed by atoms with Crippen molar-refractivity contribution >= 4 is 5.91 Å². The zero-order valence-corrected chi connectivity index (χ0v) is 16.2. The molecule has 2 aromatic heterocycles. The van der Waals surface area contributed by atoms with Crippen LogP contribution in [0.1, 0.15) is 34.1 Å². The number of benzene rings is 1. The number of hydrogen-bond acceptors (Lipinski definition) is 6. The number of hydrogen-bond donors (Lipinski definition) is 0. The highest BCUT2D eigenvalue weighted by molar-refractivity contribution is 5.97. The molecule has 0 saturated carbocycles. The second kappa shape index (κ2) is 7.71. The van der Waals surface area contributed by atoms with E-state index in [1.807, 2.05) is 6.07 Å². The number of carbonyl (C=O) groups is 1. The Morgan fingerprint density at radius 1 is 1.23 bits per heavy atom. The molecule has 31 heavy (non-hydrogen) atoms. The smallest absolute Gasteiger partial charge is 0.425 e. The van der Waals surface area contributed by atoms with Crippen molar-refractivity contribution in [3.63, 3.8) is 0 Å². The van der Waals surface area contributed by atoms with Gasteiger partial charge < -0.3 is 9.64 Å². The maximum Gasteiger partial charge on any atom is 0.425 e. The molecule has 0 radical (unpaired) electrons. The number of fused-ring (bicyclic) bond motifs is 1. The summed E-state index contributed by atoms with van der Waals surface area (Å²) >= 11 is 0. The average Bonchev–Trinajstić information content (AvgIpc) is 3.34. The Morgan fingerprint density at radius 3 is 2.71 bits per heavy atom. The van der Waals surface area contributed by atoms with Crippen LogP contribution in [0.5, 0.6) is 5.75 Å². The molecule has 1 aliphatic heterocycles. The molecule has 1 amide bonds. The van der Waals surface area contributed by atoms with Gasteiger partial charge in [0.15, 0.2) is 6.10 Å². The number of aromatic nitrogens is 4. The number of nitrogens with zero attached hydrogens (tertiary/aromatic N) is 6. The van der Waals surface area contributed by atoms with E-state index >= 15 is 0 Å². The summed E-state index contributed by atoms with van der Waals surface area (Å²) in [5.74, 6) is -0.776. The van der Waals surface area contributed by atoms with Gasteiger partial charge in [-0.2, -0.15) is 33.7 Å². The molecule has 0 spiro atoms. The summed E-state index contributed by atoms with van der Waals surface area (Å²) in [7, 11) is 0. The maximum atomic E-state index is 13.2. The van der Waals surface area contributed by atoms with Gasteiger partial charge in [-0.25, -0.2) is 4.68 Å². The molecule has 1 atom stereocenters. The van der Waals surface area contributed by atoms with E-state index in [4.69, 9.17) is 10.00 Å². The largest absolute Gasteiger partial charge is 0.480 e. The van der Waals surface area contributed by atoms with E-state index in [0.717, 1.165) is 18.2 Å². The third kappa shape index (κ3) is 3.92. The van der Waals surface area contributed by atoms with Gasteiger partial charge in [0.2, 0.25) is 0 Å². The monoisotopic (exact) mass is 428 g/mol. The number of amides is 1. The molecule has 0 fully saturated rings. The summed E-state index contributed by atoms with van der Waals surface area (Å²) in [6.45, 7) is 1.26. The van der Waals surface area contributed by atoms with Crippen LogP contribution in [-0.4, -0.2) is 43.1 Å². The van der Waals surface area contributed by atoms with Crippen LogP contribution >= 0.6 is 0 Å². The lowest BCUT2D eigenvalue weighted by Crippen LogP contribution is -2.32. The van der Waals surface area contributed by atoms with Crippen LogP contribution in [0.15, 0.2) is 42.9 Å². The molecule has 1 aliphatic rings. The molecule has 3 heterocycles. The second-order valence-electron chi connectivity index (χ2n) is 6.91. The van der Waals surface area contributed by atoms with Crippen molar-refractivity contribution in [3.8, 4) is 17.5 Å². The molecule has 0 aliphatic carbocycles. The first kappa shape index (κ1) is 20.3. The van der Waals surface area contributed by atoms with Crippen LogP contribution in [-0.2, 0) is 13.1 Å². The summed E-state index contributed by atoms with van der Waals surface area (Å²) in [6, 6.07) is 7.36. The molecule has 3 aromatic rings. The van der Waals surface area contributed by atoms with E-state index in [1.54, 1.807) is 16.9 Å². The molecule has 0 bridgehead atoms. The van der Waals surface area contributed by atoms with Crippen LogP contribution in [0.2, 0.25) is 0 Å². The Kier molecular flexibility index (Phi) is 5.06. The van der Waals surface area contributed by atoms with Crippen LogP contribution in [0.4, 0.5) is 13.2 Å². The molecule has 4 rings (SSSR count). The van der Waals surface area contributed by atoms with Crippen LogP contribution in [0.25, 0.3) is 5.69 Å². The lowest BCUT2D eigenvalue weighted by Gasteiger charge is -2.22. The Morgan fingerprint density at radius 2 is 2.03 bits per heavy atom. The summed E-state index contributed by atoms with van der Waals surface area (Å²) in [5.41, 5.74) is 2.25. The lowest BCUT2D eigenvalue weighted by molar-refractivity contribution is -0.189. The van der Waals surface area contributed by atoms with Gasteiger partial charge in [-0.1, -0.05) is 0 Å². The first-order valence-electron chi connectivity index (χ1n) is 9.17. The maximum absolute atomic E-state index is 13.2. The van der Waals surface area contributed by atoms with E-state index in [0.29, 0.717) is 5.69 Å². The van der Waals surface area contributed by atoms with E-state index in [9.17, 15) is 18.0 Å². The average molecular weight is 428 g/mol. The fourth-order valence-electron chi connectivity index (χ4n) is 3.22. The van der Waals surface area contributed by atoms with Gasteiger partial charge in [0, 0.05) is 12.1 Å². The van der Waals surface area contributed by atoms with E-state index in [-0.39, 0.29) is 30.0 Å². The number of nitriles is 1. The summed E-state index contributed by atoms with van der Waals surface area (Å²) in [5, 5.41) is 21.0. The Bertz CT molecular complexity index is 1170. The molecule has 11 heteroatoms. The summed E-state index contributed by atoms with van der Waals surface area (Å²) in [6.07, 6.45) is -2.05. The fraction of sp³-hybridized carbons (Fsp3) is 0.250. The van der Waals surface area contributed by atoms with Gasteiger partial charge in [0.25, 0.3) is 5.91 Å². The molecule has 1 unspecified atom stereocenters. The van der Waals surface area contributed by atoms with Crippen molar-refractivity contribution in [1.29, 1.82) is 5.26 Å². The second-order valence-corrected chi connectivity index (χ2v) is 6.91. The Labute approximate surface area is 174 Å². The normalized spacial score (nSPS) is 14.1. The Hall–Kier alpha value is -3.94. The highest BCUT2D eigenvalue weighted by atomic mass is 19.4. The predicted octanol–water partition coefficient (Wildman–Crippen LogP) is 3.02. The van der Waals surface area contributed by atoms with E-state index in [2.05, 4.69) is 15.3 Å². The van der Waals surface area contributed by atoms with E-state index in [1.165, 1.54) is 35.5 Å². The molecule has 8 nitrogen and oxygen atoms in total. The highest BCUT2D eigenvalue weighted by Gasteiger charge is 2.39. The van der Waals surface area contributed by atoms with Crippen LogP contribution in [0, 0.1) is 11.3 Å². The minimum Gasteiger partial charge on any atom is -0.480 e. The van der Waals surface area contributed by atoms with Gasteiger partial charge in [0.05, 0.1) is 53.7 Å². The molecule has 1 aromatic carbocycles. The van der Waals surface area contributed by atoms with Gasteiger partial charge >= 0.3 is 6.18 Å². The number of carbonyl (C=O) groups excluding carboxylic acids is 1. The van der Waals surface area contributed by atoms with E-state index < -0.39 is 18.2 Å². The number of rotatable bonds is 4. The summed E-state index contributed by atoms with van der Waals surface area (Å²) in [4.78, 5) is 14.6. The van der Waals surface area contributed by atoms with Gasteiger partial charge in [-0.05, 0) is 31.2 Å². The molecule has 158 valence electrons. The summed E-state index contributed by atoms with van der Waals surface area (Å²) < 4.78 is 45.6. The van der Waals surface area contributed by atoms with Gasteiger partial charge in [-0.3, -0.25) is 4.79 Å². The van der Waals surface area contributed by atoms with Crippen molar-refractivity contribution in [2.45, 2.75) is 32.3 Å². The molecule has 0 N–H and O–H groups in total. The minimum absolute atomic E-state index is 0.106. The number of halogens is 3. The molecular weight excluding hydrogens is 413 g/mol. The number of alkyl halides is 3. The Balaban J connectivity index is 1.62. The third-order valence-electron chi connectivity index (χ3n) is 4.86. The molecule has 0 saturated heterocycles. The third-order valence-corrected chi connectivity index (χ3v) is 4.86. The lowest BCUT2D eigenvalue weighted by atomic mass is 10.1. The van der Waals surface area contributed by atoms with Gasteiger partial charge in [0.1, 0.15) is 5.75 Å². The standard InChI is InChI=1S/C20H15F3N6O2/c1-12(20(21,22)23)31-18-3-2-13(7-24)6-16(18)19(30)28-10-14-8-27-29(17(14)11-28)15-4-5-25-26-9-15/h2-6,8-9,12H,10-11H2,1H3. The predicted molar refractivity (Wildman–Crippen MR) is 100 cm³/mol. The highest BCUT2D eigenvalue weighted by Crippen LogP contribution is 2.31.